The molecule has 0 spiro atoms. The molecule has 0 aliphatic heterocycles. The summed E-state index contributed by atoms with van der Waals surface area (Å²) in [5.41, 5.74) is 22.2. The summed E-state index contributed by atoms with van der Waals surface area (Å²) in [6.07, 6.45) is 0. The van der Waals surface area contributed by atoms with E-state index >= 15 is 0 Å². The van der Waals surface area contributed by atoms with Crippen LogP contribution < -0.4 is 33.9 Å². The number of rotatable bonds is 24. The molecule has 15 aromatic rings. The maximum Gasteiger partial charge on any atom is 0.297 e. The van der Waals surface area contributed by atoms with E-state index in [4.69, 9.17) is 61.4 Å². The van der Waals surface area contributed by atoms with Crippen molar-refractivity contribution in [3.05, 3.63) is 321 Å². The predicted octanol–water partition coefficient (Wildman–Crippen LogP) is 17.0. The zero-order valence-electron chi connectivity index (χ0n) is 67.1. The van der Waals surface area contributed by atoms with E-state index in [0.717, 1.165) is 11.1 Å². The molecule has 6 N–H and O–H groups in total. The lowest BCUT2D eigenvalue weighted by Crippen LogP contribution is -2.43. The number of carbonyl (C=O) groups excluding carboxylic acids is 3. The summed E-state index contributed by atoms with van der Waals surface area (Å²) in [6, 6.07) is 43.3. The Hall–Kier alpha value is -12.8. The van der Waals surface area contributed by atoms with Crippen LogP contribution in [0.25, 0.3) is 66.2 Å². The van der Waals surface area contributed by atoms with Crippen molar-refractivity contribution >= 4 is 95.5 Å². The smallest absolute Gasteiger partial charge is 0.297 e. The van der Waals surface area contributed by atoms with E-state index in [1.54, 1.807) is 71.3 Å². The van der Waals surface area contributed by atoms with Crippen LogP contribution in [0.1, 0.15) is 142 Å². The fraction of sp³-hybridized carbons (Fsp3) is 0.264. The number of hydrogen-bond donors (Lipinski definition) is 3. The Kier molecular flexibility index (Phi) is 25.7. The van der Waals surface area contributed by atoms with Gasteiger partial charge in [0.05, 0.1) is 37.8 Å². The second-order valence-corrected chi connectivity index (χ2v) is 30.8. The van der Waals surface area contributed by atoms with Crippen molar-refractivity contribution in [2.45, 2.75) is 100 Å². The molecule has 29 heteroatoms. The van der Waals surface area contributed by atoms with Gasteiger partial charge in [0.25, 0.3) is 34.4 Å². The van der Waals surface area contributed by atoms with Crippen molar-refractivity contribution in [2.24, 2.45) is 35.0 Å². The topological polar surface area (TPSA) is 296 Å². The highest BCUT2D eigenvalue weighted by molar-refractivity contribution is 6.28. The van der Waals surface area contributed by atoms with Gasteiger partial charge in [-0.15, -0.1) is 0 Å². The Morgan fingerprint density at radius 2 is 0.733 bits per heavy atom. The second kappa shape index (κ2) is 36.2. The zero-order chi connectivity index (χ0) is 85.8. The molecule has 620 valence electrons. The Bertz CT molecular complexity index is 6550. The molecular weight excluding hydrogens is 1570 g/mol. The number of hydrogen-bond acceptors (Lipinski definition) is 16. The molecular formula is C91H87ClF6N12O10. The lowest BCUT2D eigenvalue weighted by Gasteiger charge is -2.35. The van der Waals surface area contributed by atoms with E-state index in [1.807, 2.05) is 79.7 Å². The molecule has 3 amide bonds. The second-order valence-electron chi connectivity index (χ2n) is 30.4. The van der Waals surface area contributed by atoms with Crippen LogP contribution in [0.3, 0.4) is 0 Å². The Balaban J connectivity index is 0.000000156. The van der Waals surface area contributed by atoms with E-state index < -0.39 is 75.6 Å². The van der Waals surface area contributed by atoms with E-state index in [0.29, 0.717) is 66.7 Å². The number of aryl methyl sites for hydroxylation is 3. The first-order chi connectivity index (χ1) is 57.4. The molecule has 3 atom stereocenters. The average molecular weight is 1660 g/mol. The number of furan rings is 4. The normalized spacial score (nSPS) is 12.4. The fourth-order valence-electron chi connectivity index (χ4n) is 15.0. The number of fused-ring (bicyclic) bond motifs is 9. The average Bonchev–Trinajstić information content (AvgIpc) is 1.55. The van der Waals surface area contributed by atoms with Gasteiger partial charge in [0.1, 0.15) is 91.4 Å². The molecule has 0 aliphatic rings. The van der Waals surface area contributed by atoms with Crippen LogP contribution in [0, 0.1) is 73.4 Å². The minimum atomic E-state index is -0.820. The standard InChI is InChI=1S/C31H29F3N4O3.C31H30F2N4O3.C29H28ClFN4O4/c1-17(2)27(37(12-11-35)30(39)20-8-7-18(3)24(34)14-20)29-36-26-23-15-22(33)9-10-25(23)41-28(26)31(40)38(29)16-19-5-4-6-21(32)13-19;1-18(2)27(36(14-13-34)30(38)21-9-7-19(3)8-10-21)29-35-26-24-16-23(33)11-12-25(24)40-28(26)31(39)37(29)17-20-5-4-6-22(32)15-20;1-16(2)25(34(13-12-32)28(36)18-6-4-17(3)5-7-18)27-33-24-21-14-19(31)8-10-22(21)39-26(24)29(37)35(27)15-20-9-11-23(30)38-20/h4-10,13-15,17,27H,11-12,16,35H2,1-3H3;4-12,15-16,18,27H,13-14,17,34H2,1-3H3;4-11,14,16,25H,12-13,15,32H2,1-3H3/t2*27-;25-/m111/s1. The van der Waals surface area contributed by atoms with E-state index in [-0.39, 0.29) is 150 Å². The Morgan fingerprint density at radius 3 is 1.05 bits per heavy atom. The number of halogens is 7. The summed E-state index contributed by atoms with van der Waals surface area (Å²) in [7, 11) is 0. The van der Waals surface area contributed by atoms with Crippen LogP contribution >= 0.6 is 11.6 Å². The number of nitrogens with zero attached hydrogens (tertiary/aromatic N) is 9. The summed E-state index contributed by atoms with van der Waals surface area (Å²) >= 11 is 6.00. The molecule has 0 bridgehead atoms. The maximum atomic E-state index is 14.5. The Morgan fingerprint density at radius 1 is 0.400 bits per heavy atom. The van der Waals surface area contributed by atoms with Gasteiger partial charge >= 0.3 is 0 Å². The van der Waals surface area contributed by atoms with E-state index in [1.165, 1.54) is 122 Å². The molecule has 120 heavy (non-hydrogen) atoms. The van der Waals surface area contributed by atoms with Crippen molar-refractivity contribution in [1.29, 1.82) is 0 Å². The first kappa shape index (κ1) is 85.1. The predicted molar refractivity (Wildman–Crippen MR) is 448 cm³/mol. The molecule has 0 saturated carbocycles. The Labute approximate surface area is 689 Å². The third-order valence-corrected chi connectivity index (χ3v) is 20.9. The van der Waals surface area contributed by atoms with Crippen LogP contribution in [0.5, 0.6) is 0 Å². The maximum absolute atomic E-state index is 14.5. The minimum Gasteiger partial charge on any atom is -0.448 e. The molecule has 7 heterocycles. The highest BCUT2D eigenvalue weighted by atomic mass is 35.5. The van der Waals surface area contributed by atoms with Gasteiger partial charge in [-0.3, -0.25) is 42.5 Å². The van der Waals surface area contributed by atoms with Crippen LogP contribution in [0.2, 0.25) is 5.22 Å². The van der Waals surface area contributed by atoms with Gasteiger partial charge in [-0.05, 0) is 194 Å². The van der Waals surface area contributed by atoms with Crippen molar-refractivity contribution in [3.63, 3.8) is 0 Å². The molecule has 0 fully saturated rings. The van der Waals surface area contributed by atoms with Crippen molar-refractivity contribution in [2.75, 3.05) is 39.3 Å². The third kappa shape index (κ3) is 17.8. The van der Waals surface area contributed by atoms with Gasteiger partial charge in [-0.1, -0.05) is 107 Å². The summed E-state index contributed by atoms with van der Waals surface area (Å²) in [4.78, 5) is 103. The van der Waals surface area contributed by atoms with Gasteiger partial charge < -0.3 is 49.6 Å². The number of aromatic nitrogens is 6. The third-order valence-electron chi connectivity index (χ3n) is 20.7. The first-order valence-corrected chi connectivity index (χ1v) is 39.3. The number of carbonyl (C=O) groups is 3. The fourth-order valence-corrected chi connectivity index (χ4v) is 15.2. The van der Waals surface area contributed by atoms with Crippen molar-refractivity contribution in [1.82, 2.24) is 43.4 Å². The number of amides is 3. The van der Waals surface area contributed by atoms with Gasteiger partial charge in [-0.2, -0.15) is 0 Å². The molecule has 22 nitrogen and oxygen atoms in total. The van der Waals surface area contributed by atoms with Crippen molar-refractivity contribution in [3.8, 4) is 0 Å². The quantitative estimate of drug-likeness (QED) is 0.0474. The number of nitrogens with two attached hydrogens (primary N) is 3. The summed E-state index contributed by atoms with van der Waals surface area (Å²) in [6.45, 7) is 17.8. The molecule has 7 aromatic heterocycles. The van der Waals surface area contributed by atoms with Gasteiger partial charge in [0.15, 0.2) is 5.22 Å². The molecule has 0 radical (unpaired) electrons. The van der Waals surface area contributed by atoms with E-state index in [2.05, 4.69) is 0 Å². The highest BCUT2D eigenvalue weighted by Crippen LogP contribution is 2.38. The van der Waals surface area contributed by atoms with E-state index in [9.17, 15) is 55.1 Å². The van der Waals surface area contributed by atoms with Crippen LogP contribution in [0.15, 0.2) is 214 Å². The van der Waals surface area contributed by atoms with Crippen LogP contribution in [-0.2, 0) is 19.6 Å². The van der Waals surface area contributed by atoms with Crippen LogP contribution in [0.4, 0.5) is 26.3 Å². The molecule has 0 saturated heterocycles. The van der Waals surface area contributed by atoms with Gasteiger partial charge in [0.2, 0.25) is 16.7 Å². The monoisotopic (exact) mass is 1660 g/mol. The molecule has 8 aromatic carbocycles. The van der Waals surface area contributed by atoms with Gasteiger partial charge in [-0.25, -0.2) is 41.3 Å². The molecule has 0 unspecified atom stereocenters. The summed E-state index contributed by atoms with van der Waals surface area (Å²) in [5.74, 6) is -3.49. The molecule has 15 rings (SSSR count). The SMILES string of the molecule is Cc1ccc(C(=O)N(CCN)[C@@H](c2nc3c(oc4ccc(F)cc43)c(=O)n2Cc2ccc(Cl)o2)C(C)C)cc1.Cc1ccc(C(=O)N(CCN)[C@@H](c2nc3c(oc4ccc(F)cc43)c(=O)n2Cc2cccc(F)c2)C(C)C)cc1.Cc1ccc(C(=O)N(CCN)[C@@H](c2nc3c(oc4ccc(F)cc43)c(=O)n2Cc2cccc(F)c2)C(C)C)cc1F. The lowest BCUT2D eigenvalue weighted by atomic mass is 9.99. The zero-order valence-corrected chi connectivity index (χ0v) is 67.9. The van der Waals surface area contributed by atoms with Crippen LogP contribution in [-0.4, -0.2) is 100 Å². The van der Waals surface area contributed by atoms with Crippen molar-refractivity contribution < 1.29 is 58.4 Å². The lowest BCUT2D eigenvalue weighted by molar-refractivity contribution is 0.0606. The molecule has 0 aliphatic carbocycles. The first-order valence-electron chi connectivity index (χ1n) is 39.0. The summed E-state index contributed by atoms with van der Waals surface area (Å²) in [5, 5.41) is 1.20. The minimum absolute atomic E-state index is 0.00631. The highest BCUT2D eigenvalue weighted by Gasteiger charge is 2.38. The number of benzene rings is 8. The largest absolute Gasteiger partial charge is 0.448 e. The van der Waals surface area contributed by atoms with Gasteiger partial charge in [0, 0.05) is 72.1 Å². The summed E-state index contributed by atoms with van der Waals surface area (Å²) < 4.78 is 113.